The van der Waals surface area contributed by atoms with Gasteiger partial charge in [0.1, 0.15) is 24.4 Å². The molecule has 6 rings (SSSR count). The first kappa shape index (κ1) is 23.7. The number of pyridine rings is 2. The van der Waals surface area contributed by atoms with Gasteiger partial charge in [-0.15, -0.1) is 0 Å². The number of aromatic nitrogens is 4. The van der Waals surface area contributed by atoms with Crippen molar-refractivity contribution in [3.63, 3.8) is 0 Å². The van der Waals surface area contributed by atoms with E-state index in [0.29, 0.717) is 24.9 Å². The highest BCUT2D eigenvalue weighted by atomic mass is 16.2. The molecule has 4 heterocycles. The second-order valence-corrected chi connectivity index (χ2v) is 11.0. The van der Waals surface area contributed by atoms with Crippen LogP contribution in [0.25, 0.3) is 22.1 Å². The van der Waals surface area contributed by atoms with Crippen LogP contribution in [0.3, 0.4) is 0 Å². The zero-order valence-corrected chi connectivity index (χ0v) is 22.1. The van der Waals surface area contributed by atoms with E-state index in [4.69, 9.17) is 9.97 Å². The highest BCUT2D eigenvalue weighted by Crippen LogP contribution is 2.48. The molecule has 8 nitrogen and oxygen atoms in total. The molecule has 2 amide bonds. The molecule has 192 valence electrons. The van der Waals surface area contributed by atoms with Gasteiger partial charge in [0.05, 0.1) is 0 Å². The van der Waals surface area contributed by atoms with Gasteiger partial charge in [0, 0.05) is 69.2 Å². The highest BCUT2D eigenvalue weighted by molar-refractivity contribution is 5.89. The van der Waals surface area contributed by atoms with E-state index in [1.54, 1.807) is 38.0 Å². The Labute approximate surface area is 216 Å². The lowest BCUT2D eigenvalue weighted by molar-refractivity contribution is -0.130. The van der Waals surface area contributed by atoms with Gasteiger partial charge in [-0.05, 0) is 72.9 Å². The van der Waals surface area contributed by atoms with Gasteiger partial charge in [0.25, 0.3) is 0 Å². The van der Waals surface area contributed by atoms with Gasteiger partial charge in [0.15, 0.2) is 0 Å². The quantitative estimate of drug-likeness (QED) is 0.369. The molecule has 2 aliphatic rings. The molecule has 4 aromatic rings. The molecule has 0 spiro atoms. The minimum atomic E-state index is 0.0673. The molecular formula is C29H34N6O2. The van der Waals surface area contributed by atoms with Crippen molar-refractivity contribution in [1.29, 1.82) is 0 Å². The number of hydrogen-bond acceptors (Lipinski definition) is 4. The smallest absolute Gasteiger partial charge is 0.242 e. The van der Waals surface area contributed by atoms with Crippen molar-refractivity contribution in [2.24, 2.45) is 0 Å². The van der Waals surface area contributed by atoms with Crippen LogP contribution in [-0.2, 0) is 29.1 Å². The number of amides is 2. The Hall–Kier alpha value is -3.68. The average Bonchev–Trinajstić information content (AvgIpc) is 3.82. The van der Waals surface area contributed by atoms with Gasteiger partial charge in [-0.3, -0.25) is 9.59 Å². The number of rotatable bonds is 8. The number of hydrogen-bond donors (Lipinski definition) is 0. The van der Waals surface area contributed by atoms with Crippen LogP contribution in [0, 0.1) is 0 Å². The molecule has 0 aliphatic heterocycles. The van der Waals surface area contributed by atoms with E-state index in [0.717, 1.165) is 54.2 Å². The van der Waals surface area contributed by atoms with Crippen LogP contribution in [0.15, 0.2) is 36.7 Å². The fourth-order valence-electron chi connectivity index (χ4n) is 5.59. The lowest BCUT2D eigenvalue weighted by atomic mass is 9.97. The van der Waals surface area contributed by atoms with Crippen molar-refractivity contribution in [2.45, 2.75) is 57.0 Å². The van der Waals surface area contributed by atoms with Gasteiger partial charge < -0.3 is 18.9 Å². The number of nitrogens with zero attached hydrogens (tertiary/aromatic N) is 6. The molecule has 2 aliphatic carbocycles. The summed E-state index contributed by atoms with van der Waals surface area (Å²) in [4.78, 5) is 38.5. The third kappa shape index (κ3) is 4.18. The lowest BCUT2D eigenvalue weighted by Crippen LogP contribution is -2.27. The van der Waals surface area contributed by atoms with Crippen molar-refractivity contribution in [2.75, 3.05) is 28.2 Å². The molecule has 8 heteroatoms. The topological polar surface area (TPSA) is 76.3 Å². The van der Waals surface area contributed by atoms with E-state index in [9.17, 15) is 9.59 Å². The first-order valence-corrected chi connectivity index (χ1v) is 13.2. The van der Waals surface area contributed by atoms with E-state index in [1.807, 2.05) is 24.5 Å². The standard InChI is InChI=1S/C29H34N6O2/c1-32(2)24(36)16-34-26(18-9-10-18)22(20-7-5-13-30-28(20)34)15-23-21-8-6-14-31-29(21)35(17-25(37)33(3)4)27(23)19-11-12-19/h5-8,13-14,18-19H,9-12,15-17H2,1-4H3. The van der Waals surface area contributed by atoms with E-state index in [-0.39, 0.29) is 11.8 Å². The third-order valence-corrected chi connectivity index (χ3v) is 7.80. The molecule has 2 fully saturated rings. The van der Waals surface area contributed by atoms with Gasteiger partial charge >= 0.3 is 0 Å². The molecule has 0 bridgehead atoms. The minimum Gasteiger partial charge on any atom is -0.347 e. The van der Waals surface area contributed by atoms with Crippen molar-refractivity contribution < 1.29 is 9.59 Å². The van der Waals surface area contributed by atoms with E-state index in [2.05, 4.69) is 21.3 Å². The molecule has 37 heavy (non-hydrogen) atoms. The second-order valence-electron chi connectivity index (χ2n) is 11.0. The van der Waals surface area contributed by atoms with Crippen molar-refractivity contribution in [3.8, 4) is 0 Å². The van der Waals surface area contributed by atoms with Crippen LogP contribution >= 0.6 is 0 Å². The Morgan fingerprint density at radius 1 is 0.757 bits per heavy atom. The summed E-state index contributed by atoms with van der Waals surface area (Å²) in [6.45, 7) is 0.588. The number of fused-ring (bicyclic) bond motifs is 2. The fourth-order valence-corrected chi connectivity index (χ4v) is 5.59. The Kier molecular flexibility index (Phi) is 5.77. The summed E-state index contributed by atoms with van der Waals surface area (Å²) >= 11 is 0. The summed E-state index contributed by atoms with van der Waals surface area (Å²) in [5, 5.41) is 2.23. The summed E-state index contributed by atoms with van der Waals surface area (Å²) in [5.41, 5.74) is 6.79. The number of carbonyl (C=O) groups excluding carboxylic acids is 2. The fraction of sp³-hybridized carbons (Fsp3) is 0.448. The Bertz CT molecular complexity index is 1410. The van der Waals surface area contributed by atoms with E-state index in [1.165, 1.54) is 22.5 Å². The van der Waals surface area contributed by atoms with Gasteiger partial charge in [-0.25, -0.2) is 9.97 Å². The maximum atomic E-state index is 12.8. The van der Waals surface area contributed by atoms with Crippen LogP contribution in [0.4, 0.5) is 0 Å². The maximum absolute atomic E-state index is 12.8. The van der Waals surface area contributed by atoms with Crippen molar-refractivity contribution in [1.82, 2.24) is 28.9 Å². The molecule has 0 radical (unpaired) electrons. The SMILES string of the molecule is CN(C)C(=O)Cn1c(C2CC2)c(Cc2c(C3CC3)n(CC(=O)N(C)C)c3ncccc23)c2cccnc21. The van der Waals surface area contributed by atoms with Crippen LogP contribution in [0.5, 0.6) is 0 Å². The lowest BCUT2D eigenvalue weighted by Gasteiger charge is -2.16. The Morgan fingerprint density at radius 2 is 1.16 bits per heavy atom. The van der Waals surface area contributed by atoms with Crippen LogP contribution in [-0.4, -0.2) is 68.9 Å². The molecule has 2 saturated carbocycles. The summed E-state index contributed by atoms with van der Waals surface area (Å²) in [6.07, 6.45) is 8.92. The maximum Gasteiger partial charge on any atom is 0.242 e. The van der Waals surface area contributed by atoms with Crippen LogP contribution in [0.1, 0.15) is 60.0 Å². The van der Waals surface area contributed by atoms with Gasteiger partial charge in [-0.2, -0.15) is 0 Å². The first-order valence-electron chi connectivity index (χ1n) is 13.2. The molecule has 0 N–H and O–H groups in total. The largest absolute Gasteiger partial charge is 0.347 e. The normalized spacial score (nSPS) is 15.5. The summed E-state index contributed by atoms with van der Waals surface area (Å²) in [7, 11) is 7.21. The van der Waals surface area contributed by atoms with Crippen LogP contribution in [0.2, 0.25) is 0 Å². The molecule has 0 unspecified atom stereocenters. The molecular weight excluding hydrogens is 464 g/mol. The number of likely N-dealkylation sites (N-methyl/N-ethyl adjacent to an activating group) is 2. The molecule has 0 aromatic carbocycles. The van der Waals surface area contributed by atoms with Crippen molar-refractivity contribution >= 4 is 33.9 Å². The van der Waals surface area contributed by atoms with Gasteiger partial charge in [-0.1, -0.05) is 0 Å². The summed E-state index contributed by atoms with van der Waals surface area (Å²) in [6, 6.07) is 8.26. The zero-order valence-electron chi connectivity index (χ0n) is 22.1. The van der Waals surface area contributed by atoms with Crippen molar-refractivity contribution in [3.05, 3.63) is 59.2 Å². The average molecular weight is 499 g/mol. The summed E-state index contributed by atoms with van der Waals surface area (Å²) < 4.78 is 4.32. The highest BCUT2D eigenvalue weighted by Gasteiger charge is 2.36. The predicted octanol–water partition coefficient (Wildman–Crippen LogP) is 3.91. The second kappa shape index (κ2) is 9.01. The molecule has 4 aromatic heterocycles. The summed E-state index contributed by atoms with van der Waals surface area (Å²) in [5.74, 6) is 1.03. The minimum absolute atomic E-state index is 0.0673. The molecule has 0 atom stereocenters. The van der Waals surface area contributed by atoms with Gasteiger partial charge in [0.2, 0.25) is 11.8 Å². The first-order chi connectivity index (χ1) is 17.8. The number of carbonyl (C=O) groups is 2. The van der Waals surface area contributed by atoms with Crippen LogP contribution < -0.4 is 0 Å². The Balaban J connectivity index is 1.55. The predicted molar refractivity (Wildman–Crippen MR) is 144 cm³/mol. The third-order valence-electron chi connectivity index (χ3n) is 7.80. The Morgan fingerprint density at radius 3 is 1.51 bits per heavy atom. The molecule has 0 saturated heterocycles. The zero-order chi connectivity index (χ0) is 25.8. The monoisotopic (exact) mass is 498 g/mol. The van der Waals surface area contributed by atoms with E-state index >= 15 is 0 Å². The van der Waals surface area contributed by atoms with E-state index < -0.39 is 0 Å².